The van der Waals surface area contributed by atoms with E-state index in [2.05, 4.69) is 25.3 Å². The van der Waals surface area contributed by atoms with Crippen LogP contribution in [0.3, 0.4) is 0 Å². The molecular weight excluding hydrogens is 388 g/mol. The summed E-state index contributed by atoms with van der Waals surface area (Å²) in [7, 11) is 0. The number of aromatic nitrogens is 4. The average Bonchev–Trinajstić information content (AvgIpc) is 3.22. The molecule has 7 nitrogen and oxygen atoms in total. The Labute approximate surface area is 164 Å². The fraction of sp³-hybridized carbons (Fsp3) is 0.333. The molecule has 3 rings (SSSR count). The van der Waals surface area contributed by atoms with Crippen LogP contribution in [-0.4, -0.2) is 32.5 Å². The van der Waals surface area contributed by atoms with E-state index in [9.17, 15) is 13.6 Å². The topological polar surface area (TPSA) is 81.9 Å². The van der Waals surface area contributed by atoms with Gasteiger partial charge in [0, 0.05) is 10.8 Å². The summed E-state index contributed by atoms with van der Waals surface area (Å²) in [6.45, 7) is 4.93. The lowest BCUT2D eigenvalue weighted by molar-refractivity contribution is -0.0498. The van der Waals surface area contributed by atoms with Gasteiger partial charge in [-0.3, -0.25) is 10.1 Å². The second-order valence-electron chi connectivity index (χ2n) is 7.05. The smallest absolute Gasteiger partial charge is 0.387 e. The van der Waals surface area contributed by atoms with E-state index in [0.717, 1.165) is 5.69 Å². The van der Waals surface area contributed by atoms with Crippen LogP contribution in [0.15, 0.2) is 29.6 Å². The zero-order chi connectivity index (χ0) is 20.5. The van der Waals surface area contributed by atoms with Crippen LogP contribution in [0.4, 0.5) is 13.9 Å². The predicted octanol–water partition coefficient (Wildman–Crippen LogP) is 4.18. The minimum absolute atomic E-state index is 0.0351. The zero-order valence-electron chi connectivity index (χ0n) is 15.7. The quantitative estimate of drug-likeness (QED) is 0.686. The molecule has 0 unspecified atom stereocenters. The third-order valence-electron chi connectivity index (χ3n) is 3.91. The Balaban J connectivity index is 1.77. The highest BCUT2D eigenvalue weighted by atomic mass is 32.1. The van der Waals surface area contributed by atoms with Gasteiger partial charge in [0.05, 0.1) is 17.1 Å². The molecule has 0 aliphatic carbocycles. The van der Waals surface area contributed by atoms with Crippen molar-refractivity contribution < 1.29 is 18.3 Å². The molecule has 0 radical (unpaired) electrons. The summed E-state index contributed by atoms with van der Waals surface area (Å²) in [5.74, 6) is -0.385. The van der Waals surface area contributed by atoms with Crippen molar-refractivity contribution in [2.75, 3.05) is 5.32 Å². The molecule has 0 aliphatic rings. The van der Waals surface area contributed by atoms with E-state index >= 15 is 0 Å². The lowest BCUT2D eigenvalue weighted by Crippen LogP contribution is -2.15. The van der Waals surface area contributed by atoms with Crippen LogP contribution in [-0.2, 0) is 5.41 Å². The minimum atomic E-state index is -2.89. The summed E-state index contributed by atoms with van der Waals surface area (Å²) in [6, 6.07) is 5.90. The maximum Gasteiger partial charge on any atom is 0.387 e. The average molecular weight is 407 g/mol. The van der Waals surface area contributed by atoms with Gasteiger partial charge in [0.2, 0.25) is 0 Å². The first-order valence-electron chi connectivity index (χ1n) is 8.40. The van der Waals surface area contributed by atoms with Crippen LogP contribution >= 0.6 is 11.3 Å². The first-order valence-corrected chi connectivity index (χ1v) is 9.28. The highest BCUT2D eigenvalue weighted by Crippen LogP contribution is 2.27. The number of carbonyl (C=O) groups is 1. The second kappa shape index (κ2) is 7.63. The molecule has 1 aromatic carbocycles. The van der Waals surface area contributed by atoms with Crippen LogP contribution in [0.5, 0.6) is 5.75 Å². The maximum absolute atomic E-state index is 12.6. The number of anilines is 1. The number of benzene rings is 1. The van der Waals surface area contributed by atoms with Crippen molar-refractivity contribution in [1.29, 1.82) is 0 Å². The molecule has 0 atom stereocenters. The van der Waals surface area contributed by atoms with Gasteiger partial charge in [0.1, 0.15) is 5.75 Å². The van der Waals surface area contributed by atoms with Crippen LogP contribution < -0.4 is 10.1 Å². The van der Waals surface area contributed by atoms with E-state index < -0.39 is 12.5 Å². The molecule has 148 valence electrons. The Bertz CT molecular complexity index is 977. The summed E-state index contributed by atoms with van der Waals surface area (Å²) >= 11 is 1.34. The van der Waals surface area contributed by atoms with Gasteiger partial charge in [-0.1, -0.05) is 26.0 Å². The first kappa shape index (κ1) is 19.9. The molecular formula is C18H19F2N5O2S. The van der Waals surface area contributed by atoms with Crippen molar-refractivity contribution >= 4 is 22.4 Å². The van der Waals surface area contributed by atoms with E-state index in [1.807, 2.05) is 26.2 Å². The van der Waals surface area contributed by atoms with Crippen molar-refractivity contribution in [2.24, 2.45) is 0 Å². The number of rotatable bonds is 5. The van der Waals surface area contributed by atoms with E-state index in [1.165, 1.54) is 28.2 Å². The van der Waals surface area contributed by atoms with E-state index in [4.69, 9.17) is 0 Å². The Morgan fingerprint density at radius 3 is 2.50 bits per heavy atom. The normalized spacial score (nSPS) is 11.7. The summed E-state index contributed by atoms with van der Waals surface area (Å²) in [6.07, 6.45) is 0. The van der Waals surface area contributed by atoms with Gasteiger partial charge in [-0.15, -0.1) is 16.4 Å². The fourth-order valence-corrected chi connectivity index (χ4v) is 3.32. The van der Waals surface area contributed by atoms with Crippen molar-refractivity contribution in [3.8, 4) is 11.4 Å². The van der Waals surface area contributed by atoms with Gasteiger partial charge in [-0.05, 0) is 31.2 Å². The number of carbonyl (C=O) groups excluding carboxylic acids is 1. The van der Waals surface area contributed by atoms with E-state index in [1.54, 1.807) is 19.1 Å². The molecule has 0 spiro atoms. The number of alkyl halides is 2. The molecule has 1 amide bonds. The Hall–Kier alpha value is -2.88. The molecule has 3 aromatic rings. The maximum atomic E-state index is 12.6. The highest BCUT2D eigenvalue weighted by molar-refractivity contribution is 7.14. The van der Waals surface area contributed by atoms with Gasteiger partial charge in [-0.2, -0.15) is 8.78 Å². The highest BCUT2D eigenvalue weighted by Gasteiger charge is 2.21. The van der Waals surface area contributed by atoms with Gasteiger partial charge >= 0.3 is 6.61 Å². The van der Waals surface area contributed by atoms with Crippen molar-refractivity contribution in [2.45, 2.75) is 39.7 Å². The second-order valence-corrected chi connectivity index (χ2v) is 7.91. The molecule has 0 bridgehead atoms. The van der Waals surface area contributed by atoms with Crippen LogP contribution in [0.25, 0.3) is 5.69 Å². The monoisotopic (exact) mass is 407 g/mol. The molecule has 1 N–H and O–H groups in total. The van der Waals surface area contributed by atoms with Crippen LogP contribution in [0.2, 0.25) is 0 Å². The Kier molecular flexibility index (Phi) is 5.41. The van der Waals surface area contributed by atoms with Gasteiger partial charge < -0.3 is 4.74 Å². The molecule has 0 fully saturated rings. The van der Waals surface area contributed by atoms with E-state index in [-0.39, 0.29) is 16.9 Å². The number of halogens is 2. The van der Waals surface area contributed by atoms with Crippen molar-refractivity contribution in [3.05, 3.63) is 46.7 Å². The zero-order valence-corrected chi connectivity index (χ0v) is 16.6. The number of nitrogens with one attached hydrogen (secondary N) is 1. The molecule has 2 heterocycles. The number of amides is 1. The van der Waals surface area contributed by atoms with E-state index in [0.29, 0.717) is 16.5 Å². The van der Waals surface area contributed by atoms with Gasteiger partial charge in [0.15, 0.2) is 10.8 Å². The Morgan fingerprint density at radius 2 is 1.93 bits per heavy atom. The number of nitrogens with zero attached hydrogens (tertiary/aromatic N) is 4. The summed E-state index contributed by atoms with van der Waals surface area (Å²) in [5.41, 5.74) is 2.00. The van der Waals surface area contributed by atoms with Gasteiger partial charge in [-0.25, -0.2) is 9.67 Å². The predicted molar refractivity (Wildman–Crippen MR) is 101 cm³/mol. The summed E-state index contributed by atoms with van der Waals surface area (Å²) in [4.78, 5) is 17.0. The number of ether oxygens (including phenoxy) is 1. The fourth-order valence-electron chi connectivity index (χ4n) is 2.38. The molecule has 0 saturated carbocycles. The van der Waals surface area contributed by atoms with Crippen molar-refractivity contribution in [1.82, 2.24) is 20.0 Å². The summed E-state index contributed by atoms with van der Waals surface area (Å²) < 4.78 is 30.3. The van der Waals surface area contributed by atoms with Crippen LogP contribution in [0.1, 0.15) is 42.6 Å². The first-order chi connectivity index (χ1) is 13.1. The van der Waals surface area contributed by atoms with Gasteiger partial charge in [0.25, 0.3) is 5.91 Å². The summed E-state index contributed by atoms with van der Waals surface area (Å²) in [5, 5.41) is 13.0. The Morgan fingerprint density at radius 1 is 1.25 bits per heavy atom. The third-order valence-corrected chi connectivity index (χ3v) is 4.67. The molecule has 28 heavy (non-hydrogen) atoms. The molecule has 10 heteroatoms. The molecule has 0 saturated heterocycles. The largest absolute Gasteiger partial charge is 0.435 e. The number of thiazole rings is 1. The standard InChI is InChI=1S/C18H19F2N5O2S/c1-10-14(15(26)22-17-21-13(9-28-17)18(2,3)4)23-24-25(10)11-5-7-12(8-6-11)27-16(19)20/h5-9,16H,1-4H3,(H,21,22,26). The SMILES string of the molecule is Cc1c(C(=O)Nc2nc(C(C)(C)C)cs2)nnn1-c1ccc(OC(F)F)cc1. The van der Waals surface area contributed by atoms with Crippen LogP contribution in [0, 0.1) is 6.92 Å². The third kappa shape index (κ3) is 4.33. The number of hydrogen-bond acceptors (Lipinski definition) is 6. The molecule has 2 aromatic heterocycles. The number of hydrogen-bond donors (Lipinski definition) is 1. The lowest BCUT2D eigenvalue weighted by Gasteiger charge is -2.14. The molecule has 0 aliphatic heterocycles. The van der Waals surface area contributed by atoms with Crippen molar-refractivity contribution in [3.63, 3.8) is 0 Å². The minimum Gasteiger partial charge on any atom is -0.435 e. The lowest BCUT2D eigenvalue weighted by atomic mass is 9.93.